The van der Waals surface area contributed by atoms with Gasteiger partial charge in [0.05, 0.1) is 11.9 Å². The zero-order chi connectivity index (χ0) is 16.2. The van der Waals surface area contributed by atoms with Crippen molar-refractivity contribution in [3.63, 3.8) is 0 Å². The lowest BCUT2D eigenvalue weighted by Gasteiger charge is -2.01. The summed E-state index contributed by atoms with van der Waals surface area (Å²) in [7, 11) is 0. The molecule has 3 aromatic rings. The van der Waals surface area contributed by atoms with Gasteiger partial charge in [0.2, 0.25) is 5.13 Å². The third kappa shape index (κ3) is 3.60. The van der Waals surface area contributed by atoms with Gasteiger partial charge < -0.3 is 0 Å². The molecule has 3 nitrogen and oxygen atoms in total. The van der Waals surface area contributed by atoms with Gasteiger partial charge in [-0.2, -0.15) is 5.10 Å². The van der Waals surface area contributed by atoms with E-state index in [9.17, 15) is 8.78 Å². The van der Waals surface area contributed by atoms with E-state index in [1.165, 1.54) is 23.6 Å². The molecular formula is C17H13F2N3S. The second-order valence-electron chi connectivity index (χ2n) is 4.88. The largest absolute Gasteiger partial charge is 0.253 e. The first-order valence-electron chi connectivity index (χ1n) is 6.89. The average molecular weight is 329 g/mol. The molecule has 1 N–H and O–H groups in total. The van der Waals surface area contributed by atoms with Gasteiger partial charge in [0, 0.05) is 22.6 Å². The zero-order valence-corrected chi connectivity index (χ0v) is 13.1. The van der Waals surface area contributed by atoms with Crippen molar-refractivity contribution in [2.75, 3.05) is 5.43 Å². The lowest BCUT2D eigenvalue weighted by atomic mass is 10.1. The predicted molar refractivity (Wildman–Crippen MR) is 89.9 cm³/mol. The van der Waals surface area contributed by atoms with Crippen molar-refractivity contribution >= 4 is 22.7 Å². The molecule has 0 saturated heterocycles. The third-order valence-corrected chi connectivity index (χ3v) is 4.03. The molecule has 0 unspecified atom stereocenters. The summed E-state index contributed by atoms with van der Waals surface area (Å²) in [5, 5.41) is 6.52. The van der Waals surface area contributed by atoms with E-state index in [-0.39, 0.29) is 0 Å². The number of thiazole rings is 1. The second kappa shape index (κ2) is 6.66. The Hall–Kier alpha value is -2.60. The smallest absolute Gasteiger partial charge is 0.203 e. The number of nitrogens with zero attached hydrogens (tertiary/aromatic N) is 2. The predicted octanol–water partition coefficient (Wildman–Crippen LogP) is 4.84. The average Bonchev–Trinajstić information content (AvgIpc) is 3.02. The van der Waals surface area contributed by atoms with Crippen LogP contribution in [-0.2, 0) is 0 Å². The Kier molecular flexibility index (Phi) is 4.43. The van der Waals surface area contributed by atoms with Crippen LogP contribution in [0.2, 0.25) is 0 Å². The molecule has 0 fully saturated rings. The molecule has 0 aliphatic rings. The Bertz CT molecular complexity index is 844. The van der Waals surface area contributed by atoms with Crippen LogP contribution < -0.4 is 5.43 Å². The van der Waals surface area contributed by atoms with Crippen LogP contribution in [0.25, 0.3) is 11.3 Å². The van der Waals surface area contributed by atoms with Crippen molar-refractivity contribution in [1.29, 1.82) is 0 Å². The monoisotopic (exact) mass is 329 g/mol. The molecule has 0 bridgehead atoms. The van der Waals surface area contributed by atoms with E-state index in [1.807, 2.05) is 35.7 Å². The fraction of sp³-hybridized carbons (Fsp3) is 0.0588. The summed E-state index contributed by atoms with van der Waals surface area (Å²) in [6.45, 7) is 1.58. The highest BCUT2D eigenvalue weighted by atomic mass is 32.1. The second-order valence-corrected chi connectivity index (χ2v) is 5.73. The molecule has 1 heterocycles. The summed E-state index contributed by atoms with van der Waals surface area (Å²) in [6, 6.07) is 11.9. The lowest BCUT2D eigenvalue weighted by molar-refractivity contribution is 0.577. The number of aromatic nitrogens is 1. The number of benzene rings is 2. The summed E-state index contributed by atoms with van der Waals surface area (Å²) in [4.78, 5) is 4.41. The van der Waals surface area contributed by atoms with Crippen LogP contribution >= 0.6 is 11.3 Å². The molecule has 116 valence electrons. The van der Waals surface area contributed by atoms with E-state index >= 15 is 0 Å². The Balaban J connectivity index is 1.73. The van der Waals surface area contributed by atoms with Crippen LogP contribution in [0, 0.1) is 18.6 Å². The summed E-state index contributed by atoms with van der Waals surface area (Å²) in [6.07, 6.45) is 1.38. The lowest BCUT2D eigenvalue weighted by Crippen LogP contribution is -1.96. The Morgan fingerprint density at radius 2 is 1.96 bits per heavy atom. The van der Waals surface area contributed by atoms with Crippen LogP contribution in [0.3, 0.4) is 0 Å². The zero-order valence-electron chi connectivity index (χ0n) is 12.3. The van der Waals surface area contributed by atoms with Crippen molar-refractivity contribution < 1.29 is 8.78 Å². The van der Waals surface area contributed by atoms with Crippen LogP contribution in [0.4, 0.5) is 13.9 Å². The SMILES string of the molecule is Cc1c(F)cc(F)cc1C=NNc1nc(-c2ccccc2)cs1. The Labute approximate surface area is 136 Å². The van der Waals surface area contributed by atoms with Gasteiger partial charge in [-0.15, -0.1) is 11.3 Å². The maximum Gasteiger partial charge on any atom is 0.203 e. The minimum absolute atomic E-state index is 0.348. The third-order valence-electron chi connectivity index (χ3n) is 3.29. The van der Waals surface area contributed by atoms with E-state index in [2.05, 4.69) is 15.5 Å². The van der Waals surface area contributed by atoms with Crippen LogP contribution in [0.1, 0.15) is 11.1 Å². The van der Waals surface area contributed by atoms with Gasteiger partial charge in [-0.05, 0) is 18.6 Å². The Morgan fingerprint density at radius 3 is 2.74 bits per heavy atom. The fourth-order valence-corrected chi connectivity index (χ4v) is 2.69. The van der Waals surface area contributed by atoms with Gasteiger partial charge in [0.1, 0.15) is 11.6 Å². The highest BCUT2D eigenvalue weighted by Gasteiger charge is 2.06. The van der Waals surface area contributed by atoms with Gasteiger partial charge in [-0.25, -0.2) is 13.8 Å². The molecule has 0 amide bonds. The first-order valence-corrected chi connectivity index (χ1v) is 7.77. The van der Waals surface area contributed by atoms with E-state index < -0.39 is 11.6 Å². The standard InChI is InChI=1S/C17H13F2N3S/c1-11-13(7-14(18)8-15(11)19)9-20-22-17-21-16(10-23-17)12-5-3-2-4-6-12/h2-10H,1H3,(H,21,22). The fourth-order valence-electron chi connectivity index (χ4n) is 2.02. The number of hydrogen-bond acceptors (Lipinski definition) is 4. The maximum absolute atomic E-state index is 13.4. The molecule has 1 aromatic heterocycles. The van der Waals surface area contributed by atoms with E-state index in [1.54, 1.807) is 6.92 Å². The molecule has 6 heteroatoms. The first kappa shape index (κ1) is 15.3. The van der Waals surface area contributed by atoms with Crippen LogP contribution in [0.5, 0.6) is 0 Å². The first-order chi connectivity index (χ1) is 11.1. The Morgan fingerprint density at radius 1 is 1.17 bits per heavy atom. The number of nitrogens with one attached hydrogen (secondary N) is 1. The molecule has 0 radical (unpaired) electrons. The quantitative estimate of drug-likeness (QED) is 0.549. The van der Waals surface area contributed by atoms with Crippen molar-refractivity contribution in [3.05, 3.63) is 70.6 Å². The number of hydrogen-bond donors (Lipinski definition) is 1. The van der Waals surface area contributed by atoms with Crippen molar-refractivity contribution in [1.82, 2.24) is 4.98 Å². The number of hydrazone groups is 1. The number of rotatable bonds is 4. The van der Waals surface area contributed by atoms with Gasteiger partial charge in [0.15, 0.2) is 0 Å². The topological polar surface area (TPSA) is 37.3 Å². The van der Waals surface area contributed by atoms with Crippen LogP contribution in [0.15, 0.2) is 52.9 Å². The summed E-state index contributed by atoms with van der Waals surface area (Å²) in [5.74, 6) is -1.22. The maximum atomic E-state index is 13.4. The highest BCUT2D eigenvalue weighted by molar-refractivity contribution is 7.14. The minimum Gasteiger partial charge on any atom is -0.253 e. The summed E-state index contributed by atoms with van der Waals surface area (Å²) in [5.41, 5.74) is 5.38. The summed E-state index contributed by atoms with van der Waals surface area (Å²) < 4.78 is 26.7. The molecule has 0 atom stereocenters. The van der Waals surface area contributed by atoms with Gasteiger partial charge in [-0.1, -0.05) is 30.3 Å². The minimum atomic E-state index is -0.629. The number of anilines is 1. The molecule has 0 aliphatic carbocycles. The molecule has 0 spiro atoms. The normalized spacial score (nSPS) is 11.1. The van der Waals surface area contributed by atoms with Crippen molar-refractivity contribution in [2.24, 2.45) is 5.10 Å². The molecule has 0 aliphatic heterocycles. The van der Waals surface area contributed by atoms with E-state index in [0.29, 0.717) is 16.3 Å². The van der Waals surface area contributed by atoms with E-state index in [4.69, 9.17) is 0 Å². The van der Waals surface area contributed by atoms with Gasteiger partial charge in [-0.3, -0.25) is 5.43 Å². The van der Waals surface area contributed by atoms with Crippen molar-refractivity contribution in [3.8, 4) is 11.3 Å². The molecule has 2 aromatic carbocycles. The van der Waals surface area contributed by atoms with Gasteiger partial charge >= 0.3 is 0 Å². The van der Waals surface area contributed by atoms with E-state index in [0.717, 1.165) is 17.3 Å². The van der Waals surface area contributed by atoms with Crippen molar-refractivity contribution in [2.45, 2.75) is 6.92 Å². The molecule has 23 heavy (non-hydrogen) atoms. The molecule has 0 saturated carbocycles. The summed E-state index contributed by atoms with van der Waals surface area (Å²) >= 11 is 1.41. The molecule has 3 rings (SSSR count). The van der Waals surface area contributed by atoms with Gasteiger partial charge in [0.25, 0.3) is 0 Å². The van der Waals surface area contributed by atoms with Crippen LogP contribution in [-0.4, -0.2) is 11.2 Å². The molecular weight excluding hydrogens is 316 g/mol. The highest BCUT2D eigenvalue weighted by Crippen LogP contribution is 2.24. The number of halogens is 2.